The van der Waals surface area contributed by atoms with Crippen molar-refractivity contribution in [3.63, 3.8) is 0 Å². The average Bonchev–Trinajstić information content (AvgIpc) is 2.43. The number of hydrogen-bond acceptors (Lipinski definition) is 1. The Morgan fingerprint density at radius 1 is 1.00 bits per heavy atom. The molecule has 2 aromatic rings. The van der Waals surface area contributed by atoms with Crippen LogP contribution in [0.1, 0.15) is 23.6 Å². The van der Waals surface area contributed by atoms with E-state index >= 15 is 0 Å². The molecule has 0 heterocycles. The highest BCUT2D eigenvalue weighted by Gasteiger charge is 2.13. The lowest BCUT2D eigenvalue weighted by Gasteiger charge is -2.27. The topological polar surface area (TPSA) is 3.24 Å². The zero-order valence-corrected chi connectivity index (χ0v) is 12.5. The summed E-state index contributed by atoms with van der Waals surface area (Å²) in [5.41, 5.74) is 6.18. The van der Waals surface area contributed by atoms with Crippen molar-refractivity contribution in [1.29, 1.82) is 0 Å². The van der Waals surface area contributed by atoms with E-state index in [-0.39, 0.29) is 0 Å². The smallest absolute Gasteiger partial charge is 0.0494 e. The Morgan fingerprint density at radius 2 is 1.74 bits per heavy atom. The van der Waals surface area contributed by atoms with Gasteiger partial charge in [0.2, 0.25) is 0 Å². The van der Waals surface area contributed by atoms with E-state index in [2.05, 4.69) is 68.1 Å². The number of aryl methyl sites for hydroxylation is 2. The molecule has 0 aromatic heterocycles. The van der Waals surface area contributed by atoms with Gasteiger partial charge in [-0.2, -0.15) is 0 Å². The summed E-state index contributed by atoms with van der Waals surface area (Å²) >= 11 is 6.11. The Morgan fingerprint density at radius 3 is 2.37 bits per heavy atom. The Labute approximate surface area is 120 Å². The third-order valence-electron chi connectivity index (χ3n) is 3.39. The fourth-order valence-electron chi connectivity index (χ4n) is 2.42. The molecule has 0 spiro atoms. The summed E-state index contributed by atoms with van der Waals surface area (Å²) in [6.07, 6.45) is 0. The Kier molecular flexibility index (Phi) is 4.49. The second kappa shape index (κ2) is 6.12. The quantitative estimate of drug-likeness (QED) is 0.692. The van der Waals surface area contributed by atoms with E-state index in [0.29, 0.717) is 5.88 Å². The van der Waals surface area contributed by atoms with E-state index in [9.17, 15) is 0 Å². The highest BCUT2D eigenvalue weighted by molar-refractivity contribution is 6.17. The van der Waals surface area contributed by atoms with E-state index in [1.165, 1.54) is 28.1 Å². The van der Waals surface area contributed by atoms with Gasteiger partial charge >= 0.3 is 0 Å². The third kappa shape index (κ3) is 2.93. The largest absolute Gasteiger partial charge is 0.341 e. The number of alkyl halides is 1. The molecule has 0 radical (unpaired) electrons. The van der Waals surface area contributed by atoms with Crippen molar-refractivity contribution in [1.82, 2.24) is 0 Å². The number of nitrogens with zero attached hydrogens (tertiary/aromatic N) is 1. The van der Waals surface area contributed by atoms with Crippen LogP contribution in [0.5, 0.6) is 0 Å². The highest BCUT2D eigenvalue weighted by Crippen LogP contribution is 2.32. The molecule has 0 saturated heterocycles. The van der Waals surface area contributed by atoms with Crippen molar-refractivity contribution in [2.45, 2.75) is 26.7 Å². The van der Waals surface area contributed by atoms with Gasteiger partial charge in [0.15, 0.2) is 0 Å². The molecule has 0 bridgehead atoms. The minimum Gasteiger partial charge on any atom is -0.341 e. The van der Waals surface area contributed by atoms with Gasteiger partial charge in [-0.15, -0.1) is 11.6 Å². The number of hydrogen-bond donors (Lipinski definition) is 0. The Bertz CT molecular complexity index is 563. The van der Waals surface area contributed by atoms with Gasteiger partial charge in [-0.3, -0.25) is 0 Å². The lowest BCUT2D eigenvalue weighted by Crippen LogP contribution is -2.18. The molecule has 2 heteroatoms. The van der Waals surface area contributed by atoms with Gasteiger partial charge in [0.1, 0.15) is 0 Å². The molecule has 0 aliphatic carbocycles. The van der Waals surface area contributed by atoms with Crippen LogP contribution in [0.3, 0.4) is 0 Å². The van der Waals surface area contributed by atoms with Crippen molar-refractivity contribution in [2.75, 3.05) is 11.4 Å². The average molecular weight is 274 g/mol. The number of anilines is 2. The van der Waals surface area contributed by atoms with Crippen molar-refractivity contribution in [2.24, 2.45) is 0 Å². The van der Waals surface area contributed by atoms with E-state index in [4.69, 9.17) is 11.6 Å². The molecule has 2 rings (SSSR count). The minimum atomic E-state index is 0.541. The first-order valence-electron chi connectivity index (χ1n) is 6.66. The van der Waals surface area contributed by atoms with Crippen LogP contribution in [-0.2, 0) is 5.88 Å². The van der Waals surface area contributed by atoms with Crippen LogP contribution >= 0.6 is 11.6 Å². The molecule has 0 atom stereocenters. The molecule has 0 N–H and O–H groups in total. The van der Waals surface area contributed by atoms with Gasteiger partial charge < -0.3 is 4.90 Å². The second-order valence-corrected chi connectivity index (χ2v) is 5.06. The van der Waals surface area contributed by atoms with E-state index in [0.717, 1.165) is 6.54 Å². The zero-order valence-electron chi connectivity index (χ0n) is 11.8. The molecule has 100 valence electrons. The molecule has 0 aliphatic rings. The SMILES string of the molecule is CCN(c1ccccc1C)c1ccc(C)cc1CCl. The maximum absolute atomic E-state index is 6.11. The van der Waals surface area contributed by atoms with Crippen molar-refractivity contribution < 1.29 is 0 Å². The summed E-state index contributed by atoms with van der Waals surface area (Å²) in [5.74, 6) is 0.541. The van der Waals surface area contributed by atoms with Crippen LogP contribution < -0.4 is 4.90 Å². The summed E-state index contributed by atoms with van der Waals surface area (Å²) in [6.45, 7) is 7.35. The van der Waals surface area contributed by atoms with Gasteiger partial charge in [0.05, 0.1) is 0 Å². The molecular weight excluding hydrogens is 254 g/mol. The summed E-state index contributed by atoms with van der Waals surface area (Å²) in [5, 5.41) is 0. The van der Waals surface area contributed by atoms with E-state index in [1.54, 1.807) is 0 Å². The highest BCUT2D eigenvalue weighted by atomic mass is 35.5. The molecule has 0 amide bonds. The predicted molar refractivity (Wildman–Crippen MR) is 84.6 cm³/mol. The predicted octanol–water partition coefficient (Wildman–Crippen LogP) is 5.20. The molecule has 1 nitrogen and oxygen atoms in total. The van der Waals surface area contributed by atoms with Gasteiger partial charge in [-0.05, 0) is 44.0 Å². The zero-order chi connectivity index (χ0) is 13.8. The van der Waals surface area contributed by atoms with Gasteiger partial charge in [0.25, 0.3) is 0 Å². The first-order chi connectivity index (χ1) is 9.17. The number of halogens is 1. The minimum absolute atomic E-state index is 0.541. The Hall–Kier alpha value is -1.47. The van der Waals surface area contributed by atoms with Gasteiger partial charge in [-0.1, -0.05) is 35.9 Å². The monoisotopic (exact) mass is 273 g/mol. The molecule has 2 aromatic carbocycles. The summed E-state index contributed by atoms with van der Waals surface area (Å²) in [7, 11) is 0. The fourth-order valence-corrected chi connectivity index (χ4v) is 2.64. The number of rotatable bonds is 4. The van der Waals surface area contributed by atoms with E-state index in [1.807, 2.05) is 0 Å². The number of para-hydroxylation sites is 1. The summed E-state index contributed by atoms with van der Waals surface area (Å²) < 4.78 is 0. The van der Waals surface area contributed by atoms with Crippen LogP contribution in [0.15, 0.2) is 42.5 Å². The maximum Gasteiger partial charge on any atom is 0.0494 e. The van der Waals surface area contributed by atoms with Gasteiger partial charge in [0, 0.05) is 23.8 Å². The molecule has 0 fully saturated rings. The van der Waals surface area contributed by atoms with Crippen molar-refractivity contribution in [3.8, 4) is 0 Å². The maximum atomic E-state index is 6.11. The molecular formula is C17H20ClN. The molecule has 0 unspecified atom stereocenters. The molecule has 19 heavy (non-hydrogen) atoms. The summed E-state index contributed by atoms with van der Waals surface area (Å²) in [4.78, 5) is 2.33. The second-order valence-electron chi connectivity index (χ2n) is 4.80. The van der Waals surface area contributed by atoms with Crippen molar-refractivity contribution in [3.05, 3.63) is 59.2 Å². The Balaban J connectivity index is 2.51. The first-order valence-corrected chi connectivity index (χ1v) is 7.19. The standard InChI is InChI=1S/C17H20ClN/c1-4-19(16-8-6-5-7-14(16)3)17-10-9-13(2)11-15(17)12-18/h5-11H,4,12H2,1-3H3. The van der Waals surface area contributed by atoms with Crippen LogP contribution in [0.25, 0.3) is 0 Å². The summed E-state index contributed by atoms with van der Waals surface area (Å²) in [6, 6.07) is 15.0. The lowest BCUT2D eigenvalue weighted by atomic mass is 10.1. The fraction of sp³-hybridized carbons (Fsp3) is 0.294. The van der Waals surface area contributed by atoms with Gasteiger partial charge in [-0.25, -0.2) is 0 Å². The van der Waals surface area contributed by atoms with E-state index < -0.39 is 0 Å². The lowest BCUT2D eigenvalue weighted by molar-refractivity contribution is 1.00. The first kappa shape index (κ1) is 14.0. The van der Waals surface area contributed by atoms with Crippen LogP contribution in [0.4, 0.5) is 11.4 Å². The number of benzene rings is 2. The normalized spacial score (nSPS) is 10.5. The van der Waals surface area contributed by atoms with Crippen LogP contribution in [0.2, 0.25) is 0 Å². The molecule has 0 saturated carbocycles. The van der Waals surface area contributed by atoms with Crippen LogP contribution in [-0.4, -0.2) is 6.54 Å². The van der Waals surface area contributed by atoms with Crippen LogP contribution in [0, 0.1) is 13.8 Å². The third-order valence-corrected chi connectivity index (χ3v) is 3.68. The molecule has 0 aliphatic heterocycles. The van der Waals surface area contributed by atoms with Crippen molar-refractivity contribution >= 4 is 23.0 Å².